The van der Waals surface area contributed by atoms with E-state index in [4.69, 9.17) is 10.00 Å². The average molecular weight is 285 g/mol. The fourth-order valence-electron chi connectivity index (χ4n) is 1.98. The molecule has 1 aromatic rings. The van der Waals surface area contributed by atoms with Crippen molar-refractivity contribution in [3.63, 3.8) is 0 Å². The molecule has 1 aromatic carbocycles. The van der Waals surface area contributed by atoms with Gasteiger partial charge in [0.25, 0.3) is 0 Å². The second kappa shape index (κ2) is 9.52. The molecule has 0 aliphatic heterocycles. The first-order valence-corrected chi connectivity index (χ1v) is 6.81. The minimum atomic E-state index is -0.733. The van der Waals surface area contributed by atoms with Crippen LogP contribution in [0.3, 0.4) is 0 Å². The zero-order valence-corrected chi connectivity index (χ0v) is 12.2. The van der Waals surface area contributed by atoms with Crippen molar-refractivity contribution in [1.29, 1.82) is 10.5 Å². The Morgan fingerprint density at radius 3 is 2.57 bits per heavy atom. The van der Waals surface area contributed by atoms with Crippen molar-refractivity contribution < 1.29 is 9.53 Å². The third-order valence-electron chi connectivity index (χ3n) is 3.11. The molecule has 1 rings (SSSR count). The molecule has 0 aromatic heterocycles. The van der Waals surface area contributed by atoms with Gasteiger partial charge in [-0.25, -0.2) is 0 Å². The Bertz CT molecular complexity index is 517. The van der Waals surface area contributed by atoms with Gasteiger partial charge in [0.1, 0.15) is 5.92 Å². The zero-order valence-electron chi connectivity index (χ0n) is 12.2. The summed E-state index contributed by atoms with van der Waals surface area (Å²) in [6.45, 7) is 1.11. The van der Waals surface area contributed by atoms with E-state index in [1.807, 2.05) is 36.4 Å². The maximum atomic E-state index is 12.4. The highest BCUT2D eigenvalue weighted by Crippen LogP contribution is 2.12. The topological polar surface area (TPSA) is 77.1 Å². The van der Waals surface area contributed by atoms with Crippen molar-refractivity contribution in [1.82, 2.24) is 4.90 Å². The van der Waals surface area contributed by atoms with Gasteiger partial charge in [0.2, 0.25) is 5.91 Å². The van der Waals surface area contributed by atoms with Crippen LogP contribution in [0.2, 0.25) is 0 Å². The first-order chi connectivity index (χ1) is 10.2. The number of hydrogen-bond acceptors (Lipinski definition) is 4. The summed E-state index contributed by atoms with van der Waals surface area (Å²) in [5.41, 5.74) is 0.948. The normalized spacial score (nSPS) is 11.2. The van der Waals surface area contributed by atoms with Crippen molar-refractivity contribution >= 4 is 5.91 Å². The van der Waals surface area contributed by atoms with Gasteiger partial charge in [0, 0.05) is 20.2 Å². The van der Waals surface area contributed by atoms with Crippen LogP contribution in [0.25, 0.3) is 0 Å². The summed E-state index contributed by atoms with van der Waals surface area (Å²) in [4.78, 5) is 14.0. The molecule has 1 amide bonds. The van der Waals surface area contributed by atoms with Gasteiger partial charge < -0.3 is 9.64 Å². The van der Waals surface area contributed by atoms with Crippen molar-refractivity contribution in [3.8, 4) is 12.1 Å². The Morgan fingerprint density at radius 1 is 1.29 bits per heavy atom. The monoisotopic (exact) mass is 285 g/mol. The van der Waals surface area contributed by atoms with Gasteiger partial charge in [0.15, 0.2) is 0 Å². The van der Waals surface area contributed by atoms with E-state index in [1.54, 1.807) is 7.11 Å². The lowest BCUT2D eigenvalue weighted by Crippen LogP contribution is -2.39. The predicted octanol–water partition coefficient (Wildman–Crippen LogP) is 1.76. The third kappa shape index (κ3) is 5.64. The fraction of sp³-hybridized carbons (Fsp3) is 0.438. The second-order valence-corrected chi connectivity index (χ2v) is 4.60. The van der Waals surface area contributed by atoms with Crippen LogP contribution in [0.15, 0.2) is 30.3 Å². The van der Waals surface area contributed by atoms with Gasteiger partial charge in [0.05, 0.1) is 25.2 Å². The van der Waals surface area contributed by atoms with Crippen LogP contribution < -0.4 is 0 Å². The molecular weight excluding hydrogens is 266 g/mol. The number of methoxy groups -OCH3 is 1. The smallest absolute Gasteiger partial charge is 0.240 e. The zero-order chi connectivity index (χ0) is 15.5. The van der Waals surface area contributed by atoms with E-state index < -0.39 is 5.92 Å². The first-order valence-electron chi connectivity index (χ1n) is 6.81. The molecule has 0 radical (unpaired) electrons. The quantitative estimate of drug-likeness (QED) is 0.729. The predicted molar refractivity (Wildman–Crippen MR) is 77.9 cm³/mol. The summed E-state index contributed by atoms with van der Waals surface area (Å²) in [6.07, 6.45) is 0.630. The molecule has 0 heterocycles. The van der Waals surface area contributed by atoms with Crippen LogP contribution in [0.1, 0.15) is 12.0 Å². The second-order valence-electron chi connectivity index (χ2n) is 4.60. The SMILES string of the molecule is COCCN(CCC#N)C(=O)C(C#N)Cc1ccccc1. The number of carbonyl (C=O) groups excluding carboxylic acids is 1. The van der Waals surface area contributed by atoms with Crippen LogP contribution in [0.4, 0.5) is 0 Å². The molecule has 0 saturated carbocycles. The van der Waals surface area contributed by atoms with E-state index in [-0.39, 0.29) is 12.3 Å². The molecule has 0 bridgehead atoms. The van der Waals surface area contributed by atoms with E-state index in [1.165, 1.54) is 4.90 Å². The lowest BCUT2D eigenvalue weighted by molar-refractivity contribution is -0.134. The standard InChI is InChI=1S/C16H19N3O2/c1-21-11-10-19(9-5-8-17)16(20)15(13-18)12-14-6-3-2-4-7-14/h2-4,6-7,15H,5,9-12H2,1H3. The molecule has 5 nitrogen and oxygen atoms in total. The molecule has 1 unspecified atom stereocenters. The van der Waals surface area contributed by atoms with E-state index in [0.717, 1.165) is 5.56 Å². The highest BCUT2D eigenvalue weighted by atomic mass is 16.5. The number of nitrogens with zero attached hydrogens (tertiary/aromatic N) is 3. The molecule has 5 heteroatoms. The van der Waals surface area contributed by atoms with Crippen molar-refractivity contribution in [2.24, 2.45) is 5.92 Å². The lowest BCUT2D eigenvalue weighted by atomic mass is 9.99. The Kier molecular flexibility index (Phi) is 7.56. The van der Waals surface area contributed by atoms with Crippen molar-refractivity contribution in [2.75, 3.05) is 26.8 Å². The minimum absolute atomic E-state index is 0.242. The van der Waals surface area contributed by atoms with Gasteiger partial charge in [-0.3, -0.25) is 4.79 Å². The van der Waals surface area contributed by atoms with E-state index in [9.17, 15) is 10.1 Å². The number of amides is 1. The average Bonchev–Trinajstić information content (AvgIpc) is 2.53. The number of carbonyl (C=O) groups is 1. The van der Waals surface area contributed by atoms with Gasteiger partial charge >= 0.3 is 0 Å². The summed E-state index contributed by atoms with van der Waals surface area (Å²) in [6, 6.07) is 13.5. The summed E-state index contributed by atoms with van der Waals surface area (Å²) in [5, 5.41) is 17.9. The van der Waals surface area contributed by atoms with Gasteiger partial charge in [-0.15, -0.1) is 0 Å². The van der Waals surface area contributed by atoms with Gasteiger partial charge in [-0.1, -0.05) is 30.3 Å². The molecule has 0 N–H and O–H groups in total. The van der Waals surface area contributed by atoms with Crippen LogP contribution >= 0.6 is 0 Å². The van der Waals surface area contributed by atoms with Crippen LogP contribution in [-0.4, -0.2) is 37.6 Å². The largest absolute Gasteiger partial charge is 0.383 e. The third-order valence-corrected chi connectivity index (χ3v) is 3.11. The molecule has 0 fully saturated rings. The highest BCUT2D eigenvalue weighted by molar-refractivity contribution is 5.81. The van der Waals surface area contributed by atoms with Crippen LogP contribution in [0.5, 0.6) is 0 Å². The number of nitriles is 2. The number of ether oxygens (including phenoxy) is 1. The molecule has 0 aliphatic carbocycles. The van der Waals surface area contributed by atoms with Gasteiger partial charge in [-0.05, 0) is 12.0 Å². The van der Waals surface area contributed by atoms with Crippen LogP contribution in [-0.2, 0) is 16.0 Å². The number of hydrogen-bond donors (Lipinski definition) is 0. The Morgan fingerprint density at radius 2 is 2.00 bits per heavy atom. The minimum Gasteiger partial charge on any atom is -0.383 e. The fourth-order valence-corrected chi connectivity index (χ4v) is 1.98. The summed E-state index contributed by atoms with van der Waals surface area (Å²) in [7, 11) is 1.55. The summed E-state index contributed by atoms with van der Waals surface area (Å²) < 4.78 is 4.97. The molecule has 0 aliphatic rings. The molecule has 1 atom stereocenters. The van der Waals surface area contributed by atoms with E-state index in [2.05, 4.69) is 6.07 Å². The molecular formula is C16H19N3O2. The Balaban J connectivity index is 2.73. The van der Waals surface area contributed by atoms with Gasteiger partial charge in [-0.2, -0.15) is 10.5 Å². The molecule has 0 saturated heterocycles. The van der Waals surface area contributed by atoms with Crippen LogP contribution in [0, 0.1) is 28.6 Å². The summed E-state index contributed by atoms with van der Waals surface area (Å²) >= 11 is 0. The number of benzene rings is 1. The maximum Gasteiger partial charge on any atom is 0.240 e. The molecule has 0 spiro atoms. The first kappa shape index (κ1) is 16.7. The summed E-state index contributed by atoms with van der Waals surface area (Å²) in [5.74, 6) is -0.975. The number of rotatable bonds is 8. The van der Waals surface area contributed by atoms with Crippen molar-refractivity contribution in [2.45, 2.75) is 12.8 Å². The van der Waals surface area contributed by atoms with E-state index in [0.29, 0.717) is 26.1 Å². The van der Waals surface area contributed by atoms with Crippen molar-refractivity contribution in [3.05, 3.63) is 35.9 Å². The molecule has 21 heavy (non-hydrogen) atoms. The maximum absolute atomic E-state index is 12.4. The van der Waals surface area contributed by atoms with E-state index >= 15 is 0 Å². The molecule has 110 valence electrons. The highest BCUT2D eigenvalue weighted by Gasteiger charge is 2.24. The lowest BCUT2D eigenvalue weighted by Gasteiger charge is -2.23. The Labute approximate surface area is 125 Å². The Hall–Kier alpha value is -2.37.